The summed E-state index contributed by atoms with van der Waals surface area (Å²) in [4.78, 5) is 13.7. The van der Waals surface area contributed by atoms with E-state index in [4.69, 9.17) is 9.97 Å². The Kier molecular flexibility index (Phi) is 5.91. The fourth-order valence-electron chi connectivity index (χ4n) is 4.82. The van der Waals surface area contributed by atoms with Gasteiger partial charge in [0.05, 0.1) is 11.0 Å². The molecule has 1 fully saturated rings. The predicted octanol–water partition coefficient (Wildman–Crippen LogP) is 5.02. The average molecular weight is 449 g/mol. The van der Waals surface area contributed by atoms with Gasteiger partial charge in [-0.05, 0) is 61.9 Å². The second-order valence-corrected chi connectivity index (χ2v) is 11.1. The van der Waals surface area contributed by atoms with Crippen molar-refractivity contribution in [2.24, 2.45) is 0 Å². The molecule has 2 heterocycles. The number of rotatable bonds is 6. The fourth-order valence-corrected chi connectivity index (χ4v) is 6.75. The van der Waals surface area contributed by atoms with Crippen LogP contribution in [0.1, 0.15) is 55.3 Å². The number of hydrogen-bond acceptors (Lipinski definition) is 6. The summed E-state index contributed by atoms with van der Waals surface area (Å²) in [6.45, 7) is 0. The van der Waals surface area contributed by atoms with Crippen LogP contribution in [-0.4, -0.2) is 28.6 Å². The Bertz CT molecular complexity index is 1210. The second kappa shape index (κ2) is 8.98. The van der Waals surface area contributed by atoms with Gasteiger partial charge in [-0.15, -0.1) is 0 Å². The predicted molar refractivity (Wildman–Crippen MR) is 127 cm³/mol. The number of pyridine rings is 1. The maximum atomic E-state index is 12.9. The molecule has 1 aromatic carbocycles. The lowest BCUT2D eigenvalue weighted by Gasteiger charge is -2.22. The normalized spacial score (nSPS) is 16.6. The first-order valence-electron chi connectivity index (χ1n) is 11.5. The quantitative estimate of drug-likeness (QED) is 0.570. The SMILES string of the molecule is O=S(=O)(Cc1cccc(Nc2nc(-c3ccncc3)nc3c2CCC3)c1)C1CCCCC1. The number of fused-ring (bicyclic) bond motifs is 1. The number of aromatic nitrogens is 3. The van der Waals surface area contributed by atoms with Gasteiger partial charge in [-0.2, -0.15) is 0 Å². The minimum Gasteiger partial charge on any atom is -0.340 e. The van der Waals surface area contributed by atoms with Crippen molar-refractivity contribution in [3.63, 3.8) is 0 Å². The van der Waals surface area contributed by atoms with Crippen LogP contribution in [-0.2, 0) is 28.4 Å². The van der Waals surface area contributed by atoms with Crippen LogP contribution in [0.25, 0.3) is 11.4 Å². The molecule has 32 heavy (non-hydrogen) atoms. The van der Waals surface area contributed by atoms with Gasteiger partial charge < -0.3 is 5.32 Å². The third-order valence-corrected chi connectivity index (χ3v) is 8.71. The first-order valence-corrected chi connectivity index (χ1v) is 13.2. The van der Waals surface area contributed by atoms with Gasteiger partial charge in [0.2, 0.25) is 0 Å². The molecule has 0 unspecified atom stereocenters. The van der Waals surface area contributed by atoms with Crippen LogP contribution >= 0.6 is 0 Å². The largest absolute Gasteiger partial charge is 0.340 e. The van der Waals surface area contributed by atoms with Crippen LogP contribution in [0.15, 0.2) is 48.8 Å². The Hall–Kier alpha value is -2.80. The van der Waals surface area contributed by atoms with Crippen LogP contribution in [0, 0.1) is 0 Å². The topological polar surface area (TPSA) is 84.8 Å². The third-order valence-electron chi connectivity index (χ3n) is 6.49. The maximum absolute atomic E-state index is 12.9. The van der Waals surface area contributed by atoms with Gasteiger partial charge in [0.15, 0.2) is 15.7 Å². The number of aryl methyl sites for hydroxylation is 1. The van der Waals surface area contributed by atoms with E-state index in [0.717, 1.165) is 85.3 Å². The first kappa shape index (κ1) is 21.1. The highest BCUT2D eigenvalue weighted by molar-refractivity contribution is 7.91. The molecule has 1 saturated carbocycles. The first-order chi connectivity index (χ1) is 15.6. The van der Waals surface area contributed by atoms with Gasteiger partial charge in [-0.1, -0.05) is 31.4 Å². The van der Waals surface area contributed by atoms with Gasteiger partial charge in [0, 0.05) is 34.9 Å². The zero-order valence-electron chi connectivity index (χ0n) is 18.1. The van der Waals surface area contributed by atoms with E-state index < -0.39 is 9.84 Å². The highest BCUT2D eigenvalue weighted by Gasteiger charge is 2.27. The van der Waals surface area contributed by atoms with E-state index in [0.29, 0.717) is 5.82 Å². The lowest BCUT2D eigenvalue weighted by atomic mass is 10.0. The molecular formula is C25H28N4O2S. The van der Waals surface area contributed by atoms with E-state index in [-0.39, 0.29) is 11.0 Å². The Labute approximate surface area is 189 Å². The molecule has 0 saturated heterocycles. The monoisotopic (exact) mass is 448 g/mol. The van der Waals surface area contributed by atoms with Crippen molar-refractivity contribution in [2.75, 3.05) is 5.32 Å². The summed E-state index contributed by atoms with van der Waals surface area (Å²) in [6, 6.07) is 11.5. The summed E-state index contributed by atoms with van der Waals surface area (Å²) in [6.07, 6.45) is 11.2. The van der Waals surface area contributed by atoms with E-state index in [1.807, 2.05) is 36.4 Å². The number of nitrogens with zero attached hydrogens (tertiary/aromatic N) is 3. The van der Waals surface area contributed by atoms with Gasteiger partial charge >= 0.3 is 0 Å². The molecule has 0 aliphatic heterocycles. The molecule has 6 nitrogen and oxygen atoms in total. The number of anilines is 2. The van der Waals surface area contributed by atoms with Crippen molar-refractivity contribution in [1.29, 1.82) is 0 Å². The smallest absolute Gasteiger partial charge is 0.161 e. The van der Waals surface area contributed by atoms with Crippen LogP contribution in [0.3, 0.4) is 0 Å². The Morgan fingerprint density at radius 1 is 0.938 bits per heavy atom. The molecule has 5 rings (SSSR count). The van der Waals surface area contributed by atoms with Crippen molar-refractivity contribution in [2.45, 2.75) is 62.4 Å². The molecule has 0 radical (unpaired) electrons. The molecule has 0 spiro atoms. The third kappa shape index (κ3) is 4.53. The van der Waals surface area contributed by atoms with Crippen LogP contribution < -0.4 is 5.32 Å². The van der Waals surface area contributed by atoms with Gasteiger partial charge in [0.25, 0.3) is 0 Å². The van der Waals surface area contributed by atoms with Crippen molar-refractivity contribution >= 4 is 21.3 Å². The fraction of sp³-hybridized carbons (Fsp3) is 0.400. The molecule has 166 valence electrons. The van der Waals surface area contributed by atoms with Crippen LogP contribution in [0.4, 0.5) is 11.5 Å². The summed E-state index contributed by atoms with van der Waals surface area (Å²) in [5.74, 6) is 1.59. The molecule has 7 heteroatoms. The average Bonchev–Trinajstić information content (AvgIpc) is 3.29. The van der Waals surface area contributed by atoms with Gasteiger partial charge in [-0.25, -0.2) is 18.4 Å². The Morgan fingerprint density at radius 3 is 2.56 bits per heavy atom. The van der Waals surface area contributed by atoms with E-state index >= 15 is 0 Å². The van der Waals surface area contributed by atoms with Crippen LogP contribution in [0.5, 0.6) is 0 Å². The highest BCUT2D eigenvalue weighted by Crippen LogP contribution is 2.32. The maximum Gasteiger partial charge on any atom is 0.161 e. The van der Waals surface area contributed by atoms with Gasteiger partial charge in [-0.3, -0.25) is 4.98 Å². The molecule has 0 bridgehead atoms. The standard InChI is InChI=1S/C25H28N4O2S/c30-32(31,21-8-2-1-3-9-21)17-18-6-4-7-20(16-18)27-25-22-10-5-11-23(22)28-24(29-25)19-12-14-26-15-13-19/h4,6-7,12-16,21H,1-3,5,8-11,17H2,(H,27,28,29). The summed E-state index contributed by atoms with van der Waals surface area (Å²) < 4.78 is 25.9. The molecule has 0 atom stereocenters. The summed E-state index contributed by atoms with van der Waals surface area (Å²) >= 11 is 0. The number of hydrogen-bond donors (Lipinski definition) is 1. The number of benzene rings is 1. The van der Waals surface area contributed by atoms with Crippen molar-refractivity contribution in [1.82, 2.24) is 15.0 Å². The lowest BCUT2D eigenvalue weighted by molar-refractivity contribution is 0.483. The zero-order valence-corrected chi connectivity index (χ0v) is 18.9. The van der Waals surface area contributed by atoms with Crippen molar-refractivity contribution < 1.29 is 8.42 Å². The molecule has 2 aliphatic rings. The lowest BCUT2D eigenvalue weighted by Crippen LogP contribution is -2.25. The summed E-state index contributed by atoms with van der Waals surface area (Å²) in [5.41, 5.74) is 4.86. The number of sulfone groups is 1. The van der Waals surface area contributed by atoms with Crippen molar-refractivity contribution in [3.8, 4) is 11.4 Å². The highest BCUT2D eigenvalue weighted by atomic mass is 32.2. The van der Waals surface area contributed by atoms with E-state index in [2.05, 4.69) is 10.3 Å². The van der Waals surface area contributed by atoms with E-state index in [1.165, 1.54) is 0 Å². The molecule has 3 aromatic rings. The molecule has 0 amide bonds. The minimum absolute atomic E-state index is 0.0946. The molecule has 1 N–H and O–H groups in total. The Balaban J connectivity index is 1.41. The van der Waals surface area contributed by atoms with E-state index in [9.17, 15) is 8.42 Å². The zero-order chi connectivity index (χ0) is 22.0. The second-order valence-electron chi connectivity index (χ2n) is 8.80. The molecule has 2 aliphatic carbocycles. The Morgan fingerprint density at radius 2 is 1.75 bits per heavy atom. The molecular weight excluding hydrogens is 420 g/mol. The van der Waals surface area contributed by atoms with E-state index in [1.54, 1.807) is 12.4 Å². The summed E-state index contributed by atoms with van der Waals surface area (Å²) in [5, 5.41) is 3.26. The minimum atomic E-state index is -3.14. The van der Waals surface area contributed by atoms with Crippen molar-refractivity contribution in [3.05, 3.63) is 65.6 Å². The summed E-state index contributed by atoms with van der Waals surface area (Å²) in [7, 11) is -3.14. The number of nitrogens with one attached hydrogen (secondary N) is 1. The van der Waals surface area contributed by atoms with Crippen LogP contribution in [0.2, 0.25) is 0 Å². The van der Waals surface area contributed by atoms with Gasteiger partial charge in [0.1, 0.15) is 5.82 Å². The molecule has 2 aromatic heterocycles.